The summed E-state index contributed by atoms with van der Waals surface area (Å²) in [4.78, 5) is 17.9. The zero-order valence-electron chi connectivity index (χ0n) is 19.4. The van der Waals surface area contributed by atoms with Crippen LogP contribution in [0.2, 0.25) is 5.02 Å². The Bertz CT molecular complexity index is 1460. The van der Waals surface area contributed by atoms with Crippen LogP contribution in [0.15, 0.2) is 77.3 Å². The Balaban J connectivity index is 1.59. The number of carboxylic acid groups (broad SMARTS) is 1. The minimum atomic E-state index is -0.970. The number of pyridine rings is 1. The normalized spacial score (nSPS) is 17.2. The van der Waals surface area contributed by atoms with E-state index in [1.807, 2.05) is 48.2 Å². The molecule has 2 aromatic heterocycles. The second kappa shape index (κ2) is 9.64. The van der Waals surface area contributed by atoms with Gasteiger partial charge in [0.2, 0.25) is 0 Å². The van der Waals surface area contributed by atoms with Crippen LogP contribution in [0.5, 0.6) is 5.75 Å². The fraction of sp³-hybridized carbons (Fsp3) is 0.148. The average molecular weight is 520 g/mol. The van der Waals surface area contributed by atoms with Crippen molar-refractivity contribution >= 4 is 40.6 Å². The fourth-order valence-corrected chi connectivity index (χ4v) is 5.05. The Hall–Kier alpha value is -3.88. The van der Waals surface area contributed by atoms with E-state index in [1.165, 1.54) is 0 Å². The van der Waals surface area contributed by atoms with E-state index in [4.69, 9.17) is 33.0 Å². The zero-order chi connectivity index (χ0) is 25.4. The molecular formula is C27H22ClN3O4S. The number of aromatic nitrogens is 1. The van der Waals surface area contributed by atoms with Crippen molar-refractivity contribution in [3.05, 3.63) is 101 Å². The SMILES string of the molecule is COc1ccc(N2C(=S)N[C@@H](c3ccccn3)[C@@H]2c2ccc(-c3ccc(C(=O)O)cc3C)o2)cc1Cl. The molecule has 1 saturated heterocycles. The Kier molecular flexibility index (Phi) is 6.38. The van der Waals surface area contributed by atoms with E-state index in [-0.39, 0.29) is 17.6 Å². The van der Waals surface area contributed by atoms with Gasteiger partial charge in [0.05, 0.1) is 29.4 Å². The highest BCUT2D eigenvalue weighted by atomic mass is 35.5. The number of aromatic carboxylic acids is 1. The number of hydrogen-bond donors (Lipinski definition) is 2. The number of furan rings is 1. The molecule has 2 atom stereocenters. The third-order valence-electron chi connectivity index (χ3n) is 6.17. The molecule has 36 heavy (non-hydrogen) atoms. The quantitative estimate of drug-likeness (QED) is 0.292. The highest BCUT2D eigenvalue weighted by Crippen LogP contribution is 2.44. The van der Waals surface area contributed by atoms with E-state index in [9.17, 15) is 9.90 Å². The van der Waals surface area contributed by atoms with Gasteiger partial charge in [-0.25, -0.2) is 4.79 Å². The molecule has 3 heterocycles. The minimum absolute atomic E-state index is 0.228. The number of aryl methyl sites for hydroxylation is 1. The summed E-state index contributed by atoms with van der Waals surface area (Å²) in [6.45, 7) is 1.86. The monoisotopic (exact) mass is 519 g/mol. The largest absolute Gasteiger partial charge is 0.495 e. The Morgan fingerprint density at radius 3 is 2.67 bits per heavy atom. The maximum Gasteiger partial charge on any atom is 0.335 e. The number of benzene rings is 2. The molecule has 1 aliphatic rings. The number of ether oxygens (including phenoxy) is 1. The molecule has 2 N–H and O–H groups in total. The number of nitrogens with one attached hydrogen (secondary N) is 1. The number of carboxylic acids is 1. The fourth-order valence-electron chi connectivity index (χ4n) is 4.46. The van der Waals surface area contributed by atoms with Crippen molar-refractivity contribution in [1.29, 1.82) is 0 Å². The first-order chi connectivity index (χ1) is 17.4. The lowest BCUT2D eigenvalue weighted by molar-refractivity contribution is 0.0696. The van der Waals surface area contributed by atoms with Crippen LogP contribution in [0.3, 0.4) is 0 Å². The number of nitrogens with zero attached hydrogens (tertiary/aromatic N) is 2. The number of anilines is 1. The highest BCUT2D eigenvalue weighted by molar-refractivity contribution is 7.80. The van der Waals surface area contributed by atoms with Crippen molar-refractivity contribution in [2.24, 2.45) is 0 Å². The van der Waals surface area contributed by atoms with Gasteiger partial charge in [0, 0.05) is 17.4 Å². The summed E-state index contributed by atoms with van der Waals surface area (Å²) in [6.07, 6.45) is 1.74. The van der Waals surface area contributed by atoms with Crippen LogP contribution < -0.4 is 15.0 Å². The predicted molar refractivity (Wildman–Crippen MR) is 142 cm³/mol. The van der Waals surface area contributed by atoms with Gasteiger partial charge in [0.15, 0.2) is 5.11 Å². The second-order valence-electron chi connectivity index (χ2n) is 8.35. The molecule has 9 heteroatoms. The zero-order valence-corrected chi connectivity index (χ0v) is 21.0. The van der Waals surface area contributed by atoms with E-state index in [1.54, 1.807) is 43.6 Å². The van der Waals surface area contributed by atoms with Crippen LogP contribution in [-0.4, -0.2) is 28.3 Å². The number of rotatable bonds is 6. The van der Waals surface area contributed by atoms with Crippen molar-refractivity contribution in [1.82, 2.24) is 10.3 Å². The summed E-state index contributed by atoms with van der Waals surface area (Å²) in [7, 11) is 1.57. The van der Waals surface area contributed by atoms with E-state index in [2.05, 4.69) is 10.3 Å². The summed E-state index contributed by atoms with van der Waals surface area (Å²) >= 11 is 12.2. The van der Waals surface area contributed by atoms with Crippen molar-refractivity contribution in [3.8, 4) is 17.1 Å². The van der Waals surface area contributed by atoms with Gasteiger partial charge in [0.25, 0.3) is 0 Å². The summed E-state index contributed by atoms with van der Waals surface area (Å²) in [5.74, 6) is 0.894. The topological polar surface area (TPSA) is 87.8 Å². The predicted octanol–water partition coefficient (Wildman–Crippen LogP) is 6.19. The third-order valence-corrected chi connectivity index (χ3v) is 6.78. The molecule has 0 aliphatic carbocycles. The molecule has 5 rings (SSSR count). The molecule has 0 unspecified atom stereocenters. The first-order valence-corrected chi connectivity index (χ1v) is 11.9. The Labute approximate surface area is 218 Å². The molecule has 7 nitrogen and oxygen atoms in total. The standard InChI is InChI=1S/C27H22ClN3O4S/c1-15-13-16(26(32)33)6-8-18(15)21-10-11-23(35-21)25-24(20-5-3-4-12-29-20)30-27(36)31(25)17-7-9-22(34-2)19(28)14-17/h3-14,24-25H,1-2H3,(H,30,36)(H,32,33)/t24-,25-/m0/s1. The van der Waals surface area contributed by atoms with Gasteiger partial charge in [-0.2, -0.15) is 0 Å². The molecular weight excluding hydrogens is 498 g/mol. The lowest BCUT2D eigenvalue weighted by Crippen LogP contribution is -2.29. The molecule has 4 aromatic rings. The maximum atomic E-state index is 11.3. The van der Waals surface area contributed by atoms with Gasteiger partial charge < -0.3 is 24.5 Å². The molecule has 0 saturated carbocycles. The third kappa shape index (κ3) is 4.29. The average Bonchev–Trinajstić information content (AvgIpc) is 3.49. The first kappa shape index (κ1) is 23.8. The smallest absolute Gasteiger partial charge is 0.335 e. The number of thiocarbonyl (C=S) groups is 1. The maximum absolute atomic E-state index is 11.3. The van der Waals surface area contributed by atoms with Crippen LogP contribution in [-0.2, 0) is 0 Å². The van der Waals surface area contributed by atoms with Crippen LogP contribution in [0.25, 0.3) is 11.3 Å². The van der Waals surface area contributed by atoms with E-state index in [0.29, 0.717) is 27.4 Å². The van der Waals surface area contributed by atoms with Crippen LogP contribution in [0, 0.1) is 6.92 Å². The minimum Gasteiger partial charge on any atom is -0.495 e. The van der Waals surface area contributed by atoms with E-state index < -0.39 is 5.97 Å². The van der Waals surface area contributed by atoms with E-state index in [0.717, 1.165) is 22.5 Å². The van der Waals surface area contributed by atoms with Gasteiger partial charge in [-0.3, -0.25) is 4.98 Å². The Morgan fingerprint density at radius 2 is 2.00 bits per heavy atom. The van der Waals surface area contributed by atoms with Crippen molar-refractivity contribution in [2.75, 3.05) is 12.0 Å². The number of halogens is 1. The lowest BCUT2D eigenvalue weighted by Gasteiger charge is -2.26. The van der Waals surface area contributed by atoms with E-state index >= 15 is 0 Å². The molecule has 0 bridgehead atoms. The summed E-state index contributed by atoms with van der Waals surface area (Å²) in [6, 6.07) is 19.3. The highest BCUT2D eigenvalue weighted by Gasteiger charge is 2.42. The van der Waals surface area contributed by atoms with Crippen molar-refractivity contribution in [3.63, 3.8) is 0 Å². The number of hydrogen-bond acceptors (Lipinski definition) is 5. The first-order valence-electron chi connectivity index (χ1n) is 11.2. The molecule has 0 radical (unpaired) electrons. The number of methoxy groups -OCH3 is 1. The number of carbonyl (C=O) groups is 1. The molecule has 2 aromatic carbocycles. The van der Waals surface area contributed by atoms with Gasteiger partial charge in [0.1, 0.15) is 23.3 Å². The van der Waals surface area contributed by atoms with Gasteiger partial charge in [-0.05, 0) is 79.3 Å². The van der Waals surface area contributed by atoms with Crippen molar-refractivity contribution < 1.29 is 19.1 Å². The molecule has 1 fully saturated rings. The molecule has 182 valence electrons. The Morgan fingerprint density at radius 1 is 1.17 bits per heavy atom. The van der Waals surface area contributed by atoms with Gasteiger partial charge in [-0.15, -0.1) is 0 Å². The van der Waals surface area contributed by atoms with Gasteiger partial charge >= 0.3 is 5.97 Å². The van der Waals surface area contributed by atoms with Gasteiger partial charge in [-0.1, -0.05) is 23.7 Å². The van der Waals surface area contributed by atoms with Crippen LogP contribution >= 0.6 is 23.8 Å². The van der Waals surface area contributed by atoms with Crippen molar-refractivity contribution in [2.45, 2.75) is 19.0 Å². The van der Waals surface area contributed by atoms with Crippen LogP contribution in [0.1, 0.15) is 39.5 Å². The van der Waals surface area contributed by atoms with Crippen LogP contribution in [0.4, 0.5) is 5.69 Å². The second-order valence-corrected chi connectivity index (χ2v) is 9.15. The summed E-state index contributed by atoms with van der Waals surface area (Å²) < 4.78 is 11.7. The molecule has 0 amide bonds. The lowest BCUT2D eigenvalue weighted by atomic mass is 10.0. The molecule has 1 aliphatic heterocycles. The molecule has 0 spiro atoms. The summed E-state index contributed by atoms with van der Waals surface area (Å²) in [5, 5.41) is 13.7. The summed E-state index contributed by atoms with van der Waals surface area (Å²) in [5.41, 5.74) is 3.43.